The van der Waals surface area contributed by atoms with Crippen molar-refractivity contribution in [2.45, 2.75) is 19.9 Å². The number of non-ortho nitro benzene ring substituents is 1. The van der Waals surface area contributed by atoms with E-state index in [1.165, 1.54) is 18.2 Å². The molecular formula is C13H16N2O3. The maximum Gasteiger partial charge on any atom is 0.269 e. The lowest BCUT2D eigenvalue weighted by molar-refractivity contribution is -0.384. The molecule has 5 heteroatoms. The predicted octanol–water partition coefficient (Wildman–Crippen LogP) is 2.69. The molecule has 1 rings (SSSR count). The molecule has 1 atom stereocenters. The van der Waals surface area contributed by atoms with Crippen molar-refractivity contribution in [1.82, 2.24) is 4.90 Å². The Labute approximate surface area is 106 Å². The number of benzene rings is 1. The van der Waals surface area contributed by atoms with Crippen LogP contribution >= 0.6 is 0 Å². The largest absolute Gasteiger partial charge is 0.335 e. The molecule has 0 saturated carbocycles. The van der Waals surface area contributed by atoms with Crippen molar-refractivity contribution < 1.29 is 9.72 Å². The molecule has 0 radical (unpaired) electrons. The van der Waals surface area contributed by atoms with E-state index in [9.17, 15) is 14.9 Å². The van der Waals surface area contributed by atoms with E-state index >= 15 is 0 Å². The zero-order valence-electron chi connectivity index (χ0n) is 10.7. The topological polar surface area (TPSA) is 63.5 Å². The summed E-state index contributed by atoms with van der Waals surface area (Å²) in [6, 6.07) is 6.11. The summed E-state index contributed by atoms with van der Waals surface area (Å²) in [6.45, 7) is 3.60. The van der Waals surface area contributed by atoms with Crippen molar-refractivity contribution in [2.24, 2.45) is 0 Å². The lowest BCUT2D eigenvalue weighted by Gasteiger charge is -2.23. The first-order valence-corrected chi connectivity index (χ1v) is 5.61. The number of allylic oxidation sites excluding steroid dienone is 1. The molecule has 1 aromatic rings. The molecule has 0 N–H and O–H groups in total. The minimum absolute atomic E-state index is 0.0335. The summed E-state index contributed by atoms with van der Waals surface area (Å²) in [5.41, 5.74) is 0.774. The van der Waals surface area contributed by atoms with Gasteiger partial charge in [-0.25, -0.2) is 0 Å². The van der Waals surface area contributed by atoms with Crippen LogP contribution in [0.25, 0.3) is 0 Å². The molecule has 0 aromatic heterocycles. The van der Waals surface area contributed by atoms with Crippen LogP contribution in [-0.2, 0) is 4.79 Å². The highest BCUT2D eigenvalue weighted by molar-refractivity contribution is 5.87. The van der Waals surface area contributed by atoms with E-state index in [2.05, 4.69) is 0 Å². The fourth-order valence-corrected chi connectivity index (χ4v) is 1.57. The smallest absolute Gasteiger partial charge is 0.269 e. The molecule has 18 heavy (non-hydrogen) atoms. The van der Waals surface area contributed by atoms with E-state index in [1.54, 1.807) is 37.1 Å². The molecular weight excluding hydrogens is 232 g/mol. The Morgan fingerprint density at radius 2 is 2.17 bits per heavy atom. The Bertz CT molecular complexity index is 483. The van der Waals surface area contributed by atoms with Gasteiger partial charge in [-0.3, -0.25) is 14.9 Å². The van der Waals surface area contributed by atoms with Gasteiger partial charge in [0.25, 0.3) is 5.69 Å². The first-order chi connectivity index (χ1) is 8.47. The van der Waals surface area contributed by atoms with Crippen molar-refractivity contribution in [3.05, 3.63) is 52.1 Å². The fourth-order valence-electron chi connectivity index (χ4n) is 1.57. The summed E-state index contributed by atoms with van der Waals surface area (Å²) in [4.78, 5) is 23.5. The second kappa shape index (κ2) is 5.95. The Morgan fingerprint density at radius 3 is 2.72 bits per heavy atom. The van der Waals surface area contributed by atoms with Gasteiger partial charge in [0.05, 0.1) is 11.0 Å². The molecule has 0 bridgehead atoms. The molecule has 0 saturated heterocycles. The van der Waals surface area contributed by atoms with Gasteiger partial charge in [-0.05, 0) is 25.5 Å². The number of carbonyl (C=O) groups is 1. The Balaban J connectivity index is 2.96. The number of amides is 1. The van der Waals surface area contributed by atoms with Crippen LogP contribution in [0.1, 0.15) is 25.5 Å². The molecule has 0 heterocycles. The van der Waals surface area contributed by atoms with Gasteiger partial charge in [0.2, 0.25) is 5.91 Å². The molecule has 1 unspecified atom stereocenters. The van der Waals surface area contributed by atoms with Gasteiger partial charge in [-0.1, -0.05) is 18.2 Å². The van der Waals surface area contributed by atoms with Gasteiger partial charge in [0, 0.05) is 19.2 Å². The third-order valence-electron chi connectivity index (χ3n) is 2.80. The fraction of sp³-hybridized carbons (Fsp3) is 0.308. The van der Waals surface area contributed by atoms with Gasteiger partial charge < -0.3 is 4.90 Å². The maximum absolute atomic E-state index is 11.7. The zero-order chi connectivity index (χ0) is 13.7. The number of nitro benzene ring substituents is 1. The number of rotatable bonds is 4. The highest BCUT2D eigenvalue weighted by Crippen LogP contribution is 2.23. The lowest BCUT2D eigenvalue weighted by Crippen LogP contribution is -2.27. The Morgan fingerprint density at radius 1 is 1.50 bits per heavy atom. The van der Waals surface area contributed by atoms with Crippen LogP contribution in [0.4, 0.5) is 5.69 Å². The molecule has 0 aliphatic heterocycles. The molecule has 0 spiro atoms. The number of nitro groups is 1. The van der Waals surface area contributed by atoms with Crippen molar-refractivity contribution >= 4 is 11.6 Å². The maximum atomic E-state index is 11.7. The van der Waals surface area contributed by atoms with Crippen molar-refractivity contribution in [3.8, 4) is 0 Å². The van der Waals surface area contributed by atoms with E-state index in [-0.39, 0.29) is 17.6 Å². The van der Waals surface area contributed by atoms with Crippen LogP contribution in [0.2, 0.25) is 0 Å². The van der Waals surface area contributed by atoms with E-state index in [4.69, 9.17) is 0 Å². The molecule has 1 aromatic carbocycles. The second-order valence-electron chi connectivity index (χ2n) is 3.98. The second-order valence-corrected chi connectivity index (χ2v) is 3.98. The van der Waals surface area contributed by atoms with E-state index in [0.29, 0.717) is 0 Å². The lowest BCUT2D eigenvalue weighted by atomic mass is 10.1. The van der Waals surface area contributed by atoms with Crippen molar-refractivity contribution in [1.29, 1.82) is 0 Å². The first kappa shape index (κ1) is 13.9. The third kappa shape index (κ3) is 3.16. The van der Waals surface area contributed by atoms with Gasteiger partial charge in [0.15, 0.2) is 0 Å². The van der Waals surface area contributed by atoms with Crippen LogP contribution in [0.15, 0.2) is 36.4 Å². The van der Waals surface area contributed by atoms with Crippen LogP contribution in [-0.4, -0.2) is 22.8 Å². The SMILES string of the molecule is C/C=C/C(=O)N(C)C(C)c1cccc([N+](=O)[O-])c1. The molecule has 0 aliphatic carbocycles. The summed E-state index contributed by atoms with van der Waals surface area (Å²) < 4.78 is 0. The minimum atomic E-state index is -0.440. The molecule has 5 nitrogen and oxygen atoms in total. The number of hydrogen-bond acceptors (Lipinski definition) is 3. The summed E-state index contributed by atoms with van der Waals surface area (Å²) >= 11 is 0. The molecule has 1 amide bonds. The van der Waals surface area contributed by atoms with Crippen molar-refractivity contribution in [3.63, 3.8) is 0 Å². The van der Waals surface area contributed by atoms with Crippen LogP contribution in [0.3, 0.4) is 0 Å². The summed E-state index contributed by atoms with van der Waals surface area (Å²) in [5.74, 6) is -0.128. The van der Waals surface area contributed by atoms with E-state index in [1.807, 2.05) is 6.92 Å². The van der Waals surface area contributed by atoms with Gasteiger partial charge in [0.1, 0.15) is 0 Å². The quantitative estimate of drug-likeness (QED) is 0.467. The van der Waals surface area contributed by atoms with Gasteiger partial charge in [-0.2, -0.15) is 0 Å². The average molecular weight is 248 g/mol. The van der Waals surface area contributed by atoms with E-state index in [0.717, 1.165) is 5.56 Å². The van der Waals surface area contributed by atoms with Crippen LogP contribution in [0, 0.1) is 10.1 Å². The number of hydrogen-bond donors (Lipinski definition) is 0. The number of likely N-dealkylation sites (N-methyl/N-ethyl adjacent to an activating group) is 1. The summed E-state index contributed by atoms with van der Waals surface area (Å²) in [7, 11) is 1.67. The average Bonchev–Trinajstić information content (AvgIpc) is 2.37. The van der Waals surface area contributed by atoms with Gasteiger partial charge in [-0.15, -0.1) is 0 Å². The monoisotopic (exact) mass is 248 g/mol. The minimum Gasteiger partial charge on any atom is -0.335 e. The Hall–Kier alpha value is -2.17. The molecule has 96 valence electrons. The third-order valence-corrected chi connectivity index (χ3v) is 2.80. The normalized spacial score (nSPS) is 12.4. The van der Waals surface area contributed by atoms with Crippen LogP contribution < -0.4 is 0 Å². The standard InChI is InChI=1S/C13H16N2O3/c1-4-6-13(16)14(3)10(2)11-7-5-8-12(9-11)15(17)18/h4-10H,1-3H3/b6-4+. The first-order valence-electron chi connectivity index (χ1n) is 5.61. The van der Waals surface area contributed by atoms with Gasteiger partial charge >= 0.3 is 0 Å². The molecule has 0 aliphatic rings. The van der Waals surface area contributed by atoms with Crippen molar-refractivity contribution in [2.75, 3.05) is 7.05 Å². The number of nitrogens with zero attached hydrogens (tertiary/aromatic N) is 2. The Kier molecular flexibility index (Phi) is 4.59. The number of carbonyl (C=O) groups excluding carboxylic acids is 1. The summed E-state index contributed by atoms with van der Waals surface area (Å²) in [6.07, 6.45) is 3.13. The predicted molar refractivity (Wildman–Crippen MR) is 69.1 cm³/mol. The highest BCUT2D eigenvalue weighted by atomic mass is 16.6. The highest BCUT2D eigenvalue weighted by Gasteiger charge is 2.17. The zero-order valence-corrected chi connectivity index (χ0v) is 10.7. The molecule has 0 fully saturated rings. The summed E-state index contributed by atoms with van der Waals surface area (Å²) in [5, 5.41) is 10.7. The van der Waals surface area contributed by atoms with Crippen LogP contribution in [0.5, 0.6) is 0 Å². The van der Waals surface area contributed by atoms with E-state index < -0.39 is 4.92 Å².